The molecule has 2 atom stereocenters. The molecule has 1 aromatic carbocycles. The number of likely N-dealkylation sites (tertiary alicyclic amines) is 1. The minimum absolute atomic E-state index is 0.0109. The number of benzene rings is 1. The summed E-state index contributed by atoms with van der Waals surface area (Å²) >= 11 is 0. The molecule has 1 aliphatic carbocycles. The van der Waals surface area contributed by atoms with Crippen LogP contribution < -0.4 is 0 Å². The van der Waals surface area contributed by atoms with Crippen LogP contribution in [0.1, 0.15) is 51.8 Å². The van der Waals surface area contributed by atoms with E-state index in [1.807, 2.05) is 38.9 Å². The molecule has 5 heteroatoms. The number of rotatable bonds is 2. The number of likely N-dealkylation sites (N-methyl/N-ethyl adjacent to an activating group) is 1. The first-order chi connectivity index (χ1) is 12.8. The lowest BCUT2D eigenvalue weighted by Crippen LogP contribution is -2.50. The predicted molar refractivity (Wildman–Crippen MR) is 106 cm³/mol. The molecular formula is C22H29N3O2. The Labute approximate surface area is 161 Å². The molecular weight excluding hydrogens is 338 g/mol. The molecule has 144 valence electrons. The molecule has 1 saturated heterocycles. The van der Waals surface area contributed by atoms with Gasteiger partial charge < -0.3 is 19.9 Å². The van der Waals surface area contributed by atoms with Crippen LogP contribution in [0.25, 0.3) is 0 Å². The van der Waals surface area contributed by atoms with Gasteiger partial charge in [-0.1, -0.05) is 24.3 Å². The second-order valence-electron chi connectivity index (χ2n) is 8.40. The van der Waals surface area contributed by atoms with Gasteiger partial charge in [0, 0.05) is 24.2 Å². The molecule has 0 saturated carbocycles. The van der Waals surface area contributed by atoms with E-state index in [9.17, 15) is 9.90 Å². The number of amides is 1. The van der Waals surface area contributed by atoms with Crippen LogP contribution >= 0.6 is 0 Å². The highest BCUT2D eigenvalue weighted by molar-refractivity contribution is 5.94. The number of carbonyl (C=O) groups excluding carboxylic acids is 1. The Balaban J connectivity index is 1.60. The number of aromatic amines is 1. The number of nitrogens with zero attached hydrogens (tertiary/aromatic N) is 2. The van der Waals surface area contributed by atoms with Crippen molar-refractivity contribution < 1.29 is 9.90 Å². The van der Waals surface area contributed by atoms with E-state index in [-0.39, 0.29) is 17.4 Å². The van der Waals surface area contributed by atoms with Gasteiger partial charge in [0.15, 0.2) is 0 Å². The maximum Gasteiger partial charge on any atom is 0.270 e. The van der Waals surface area contributed by atoms with Gasteiger partial charge in [-0.25, -0.2) is 0 Å². The van der Waals surface area contributed by atoms with Crippen molar-refractivity contribution in [1.82, 2.24) is 14.8 Å². The molecule has 1 aromatic heterocycles. The summed E-state index contributed by atoms with van der Waals surface area (Å²) in [7, 11) is 4.05. The van der Waals surface area contributed by atoms with E-state index < -0.39 is 6.10 Å². The maximum absolute atomic E-state index is 13.0. The average Bonchev–Trinajstić information content (AvgIpc) is 3.10. The van der Waals surface area contributed by atoms with Gasteiger partial charge in [-0.3, -0.25) is 4.79 Å². The number of hydrogen-bond donors (Lipinski definition) is 2. The minimum Gasteiger partial charge on any atom is -0.390 e. The van der Waals surface area contributed by atoms with E-state index in [2.05, 4.69) is 34.1 Å². The quantitative estimate of drug-likeness (QED) is 0.858. The molecule has 2 heterocycles. The first kappa shape index (κ1) is 18.3. The fourth-order valence-electron chi connectivity index (χ4n) is 5.18. The lowest BCUT2D eigenvalue weighted by atomic mass is 9.72. The number of fused-ring (bicyclic) bond motifs is 2. The number of piperidine rings is 1. The van der Waals surface area contributed by atoms with Crippen molar-refractivity contribution >= 4 is 5.91 Å². The van der Waals surface area contributed by atoms with Crippen LogP contribution in [0.4, 0.5) is 0 Å². The number of aliphatic hydroxyl groups is 1. The van der Waals surface area contributed by atoms with Crippen molar-refractivity contribution in [3.8, 4) is 0 Å². The number of H-pyrrole nitrogens is 1. The molecule has 2 aromatic rings. The Bertz CT molecular complexity index is 862. The monoisotopic (exact) mass is 367 g/mol. The van der Waals surface area contributed by atoms with Crippen molar-refractivity contribution in [2.75, 3.05) is 27.2 Å². The molecule has 4 rings (SSSR count). The molecule has 27 heavy (non-hydrogen) atoms. The normalized spacial score (nSPS) is 23.9. The van der Waals surface area contributed by atoms with Gasteiger partial charge in [0.1, 0.15) is 5.69 Å². The zero-order valence-electron chi connectivity index (χ0n) is 16.6. The lowest BCUT2D eigenvalue weighted by molar-refractivity contribution is -0.00154. The van der Waals surface area contributed by atoms with Crippen molar-refractivity contribution in [2.24, 2.45) is 0 Å². The molecule has 0 radical (unpaired) electrons. The van der Waals surface area contributed by atoms with Crippen LogP contribution in [0.5, 0.6) is 0 Å². The van der Waals surface area contributed by atoms with Gasteiger partial charge in [-0.05, 0) is 63.5 Å². The summed E-state index contributed by atoms with van der Waals surface area (Å²) in [5.41, 5.74) is 4.93. The van der Waals surface area contributed by atoms with Gasteiger partial charge >= 0.3 is 0 Å². The van der Waals surface area contributed by atoms with Crippen LogP contribution in [0.2, 0.25) is 0 Å². The third-order valence-corrected chi connectivity index (χ3v) is 6.54. The topological polar surface area (TPSA) is 59.6 Å². The zero-order chi connectivity index (χ0) is 19.3. The number of aliphatic hydroxyl groups excluding tert-OH is 1. The first-order valence-electron chi connectivity index (χ1n) is 9.74. The summed E-state index contributed by atoms with van der Waals surface area (Å²) < 4.78 is 0. The van der Waals surface area contributed by atoms with Crippen LogP contribution in [0, 0.1) is 13.8 Å². The molecule has 5 nitrogen and oxygen atoms in total. The first-order valence-corrected chi connectivity index (χ1v) is 9.74. The highest BCUT2D eigenvalue weighted by Gasteiger charge is 2.53. The van der Waals surface area contributed by atoms with Gasteiger partial charge in [-0.15, -0.1) is 0 Å². The fraction of sp³-hybridized carbons (Fsp3) is 0.500. The Kier molecular flexibility index (Phi) is 4.40. The SMILES string of the molecule is Cc1cc(C)c(C(=O)N2CCC3(CC2)c2ccccc2[C@@H](N(C)C)[C@@H]3O)[nH]1. The molecule has 1 amide bonds. The number of aromatic nitrogens is 1. The molecule has 1 spiro atoms. The van der Waals surface area contributed by atoms with Crippen molar-refractivity contribution in [1.29, 1.82) is 0 Å². The standard InChI is InChI=1S/C22H29N3O2/c1-14-13-15(2)23-18(14)21(27)25-11-9-22(10-12-25)17-8-6-5-7-16(17)19(20(22)26)24(3)4/h5-8,13,19-20,23,26H,9-12H2,1-4H3/t19-,20+/m1/s1. The van der Waals surface area contributed by atoms with Crippen LogP contribution in [0.3, 0.4) is 0 Å². The fourth-order valence-corrected chi connectivity index (χ4v) is 5.18. The summed E-state index contributed by atoms with van der Waals surface area (Å²) in [5.74, 6) is 0.0698. The van der Waals surface area contributed by atoms with Crippen LogP contribution in [-0.2, 0) is 5.41 Å². The smallest absolute Gasteiger partial charge is 0.270 e. The molecule has 1 aliphatic heterocycles. The van der Waals surface area contributed by atoms with Gasteiger partial charge in [-0.2, -0.15) is 0 Å². The van der Waals surface area contributed by atoms with E-state index >= 15 is 0 Å². The summed E-state index contributed by atoms with van der Waals surface area (Å²) in [5, 5.41) is 11.3. The Hall–Kier alpha value is -2.11. The third-order valence-electron chi connectivity index (χ3n) is 6.54. The predicted octanol–water partition coefficient (Wildman–Crippen LogP) is 2.78. The Morgan fingerprint density at radius 3 is 2.48 bits per heavy atom. The van der Waals surface area contributed by atoms with Crippen molar-refractivity contribution in [2.45, 2.75) is 44.2 Å². The second-order valence-corrected chi connectivity index (χ2v) is 8.40. The number of aryl methyl sites for hydroxylation is 2. The van der Waals surface area contributed by atoms with E-state index in [0.29, 0.717) is 18.8 Å². The molecule has 2 aliphatic rings. The van der Waals surface area contributed by atoms with Crippen LogP contribution in [0.15, 0.2) is 30.3 Å². The maximum atomic E-state index is 13.0. The lowest BCUT2D eigenvalue weighted by Gasteiger charge is -2.43. The van der Waals surface area contributed by atoms with Gasteiger partial charge in [0.2, 0.25) is 0 Å². The Morgan fingerprint density at radius 2 is 1.89 bits per heavy atom. The zero-order valence-corrected chi connectivity index (χ0v) is 16.6. The Morgan fingerprint density at radius 1 is 1.22 bits per heavy atom. The number of hydrogen-bond acceptors (Lipinski definition) is 3. The van der Waals surface area contributed by atoms with Crippen molar-refractivity contribution in [3.63, 3.8) is 0 Å². The van der Waals surface area contributed by atoms with Crippen molar-refractivity contribution in [3.05, 3.63) is 58.4 Å². The van der Waals surface area contributed by atoms with E-state index in [0.717, 1.165) is 24.1 Å². The van der Waals surface area contributed by atoms with E-state index in [1.165, 1.54) is 11.1 Å². The van der Waals surface area contributed by atoms with E-state index in [1.54, 1.807) is 0 Å². The highest BCUT2D eigenvalue weighted by atomic mass is 16.3. The summed E-state index contributed by atoms with van der Waals surface area (Å²) in [6, 6.07) is 10.4. The summed E-state index contributed by atoms with van der Waals surface area (Å²) in [6.07, 6.45) is 1.14. The number of carbonyl (C=O) groups is 1. The molecule has 2 N–H and O–H groups in total. The molecule has 1 fully saturated rings. The largest absolute Gasteiger partial charge is 0.390 e. The minimum atomic E-state index is -0.448. The second kappa shape index (κ2) is 6.50. The molecule has 0 unspecified atom stereocenters. The number of nitrogens with one attached hydrogen (secondary N) is 1. The average molecular weight is 367 g/mol. The highest BCUT2D eigenvalue weighted by Crippen LogP contribution is 2.52. The van der Waals surface area contributed by atoms with E-state index in [4.69, 9.17) is 0 Å². The summed E-state index contributed by atoms with van der Waals surface area (Å²) in [4.78, 5) is 20.2. The summed E-state index contributed by atoms with van der Waals surface area (Å²) in [6.45, 7) is 5.28. The van der Waals surface area contributed by atoms with Crippen LogP contribution in [-0.4, -0.2) is 59.1 Å². The third kappa shape index (κ3) is 2.72. The van der Waals surface area contributed by atoms with Gasteiger partial charge in [0.25, 0.3) is 5.91 Å². The molecule has 0 bridgehead atoms. The van der Waals surface area contributed by atoms with Gasteiger partial charge in [0.05, 0.1) is 12.1 Å².